The molecule has 0 saturated heterocycles. The average molecular weight is 155 g/mol. The van der Waals surface area contributed by atoms with E-state index in [0.717, 1.165) is 5.56 Å². The van der Waals surface area contributed by atoms with E-state index in [-0.39, 0.29) is 5.88 Å². The van der Waals surface area contributed by atoms with Gasteiger partial charge >= 0.3 is 0 Å². The third-order valence-corrected chi connectivity index (χ3v) is 1.68. The van der Waals surface area contributed by atoms with Crippen LogP contribution in [0.3, 0.4) is 0 Å². The van der Waals surface area contributed by atoms with Crippen LogP contribution in [0.5, 0.6) is 5.88 Å². The molecule has 0 fully saturated rings. The lowest BCUT2D eigenvalue weighted by Crippen LogP contribution is -1.83. The highest BCUT2D eigenvalue weighted by Crippen LogP contribution is 2.21. The van der Waals surface area contributed by atoms with Crippen LogP contribution in [-0.4, -0.2) is 10.1 Å². The Bertz CT molecular complexity index is 207. The Morgan fingerprint density at radius 2 is 2.30 bits per heavy atom. The zero-order valence-electron chi connectivity index (χ0n) is 5.78. The Morgan fingerprint density at radius 3 is 2.70 bits per heavy atom. The first-order valence-electron chi connectivity index (χ1n) is 3.10. The molecule has 0 amide bonds. The molecule has 1 N–H and O–H groups in total. The summed E-state index contributed by atoms with van der Waals surface area (Å²) in [5.41, 5.74) is 1.51. The Hall–Kier alpha value is -0.620. The molecular weight excluding hydrogens is 145 g/mol. The van der Waals surface area contributed by atoms with Crippen molar-refractivity contribution in [3.8, 4) is 5.88 Å². The van der Waals surface area contributed by atoms with Gasteiger partial charge in [0, 0.05) is 12.3 Å². The summed E-state index contributed by atoms with van der Waals surface area (Å²) >= 11 is 0. The van der Waals surface area contributed by atoms with Gasteiger partial charge < -0.3 is 5.11 Å². The predicted octanol–water partition coefficient (Wildman–Crippen LogP) is 1.72. The van der Waals surface area contributed by atoms with Crippen LogP contribution in [0.2, 0.25) is 0 Å². The van der Waals surface area contributed by atoms with Gasteiger partial charge in [-0.2, -0.15) is 0 Å². The Morgan fingerprint density at radius 1 is 1.60 bits per heavy atom. The van der Waals surface area contributed by atoms with Crippen LogP contribution >= 0.6 is 9.24 Å². The maximum atomic E-state index is 8.82. The summed E-state index contributed by atoms with van der Waals surface area (Å²) in [6.07, 6.45) is 1.67. The van der Waals surface area contributed by atoms with Gasteiger partial charge in [-0.05, 0) is 11.2 Å². The molecule has 0 aliphatic rings. The summed E-state index contributed by atoms with van der Waals surface area (Å²) in [6, 6.07) is 3.45. The minimum absolute atomic E-state index is 0.0781. The molecule has 1 heterocycles. The first-order chi connectivity index (χ1) is 4.70. The molecule has 1 aromatic rings. The standard InChI is InChI=1S/C7H10NOP/c1-5(10)6-2-3-7(9)8-4-6/h2-5H,10H2,1H3,(H,8,9). The summed E-state index contributed by atoms with van der Waals surface area (Å²) in [7, 11) is 2.67. The fraction of sp³-hybridized carbons (Fsp3) is 0.286. The number of aromatic hydroxyl groups is 1. The molecule has 0 bridgehead atoms. The number of rotatable bonds is 1. The molecule has 1 aromatic heterocycles. The van der Waals surface area contributed by atoms with Gasteiger partial charge in [0.15, 0.2) is 0 Å². The molecule has 0 aliphatic heterocycles. The third-order valence-electron chi connectivity index (χ3n) is 1.30. The topological polar surface area (TPSA) is 33.1 Å². The summed E-state index contributed by atoms with van der Waals surface area (Å²) in [4.78, 5) is 3.74. The Kier molecular flexibility index (Phi) is 2.23. The SMILES string of the molecule is CC(P)c1ccc(O)nc1. The van der Waals surface area contributed by atoms with E-state index in [1.165, 1.54) is 0 Å². The lowest BCUT2D eigenvalue weighted by molar-refractivity contribution is 0.453. The maximum absolute atomic E-state index is 8.82. The van der Waals surface area contributed by atoms with E-state index in [2.05, 4.69) is 21.1 Å². The van der Waals surface area contributed by atoms with Crippen LogP contribution in [0.25, 0.3) is 0 Å². The van der Waals surface area contributed by atoms with Crippen LogP contribution in [0, 0.1) is 0 Å². The van der Waals surface area contributed by atoms with Gasteiger partial charge in [0.2, 0.25) is 5.88 Å². The van der Waals surface area contributed by atoms with Gasteiger partial charge in [-0.25, -0.2) is 4.98 Å². The van der Waals surface area contributed by atoms with Gasteiger partial charge in [0.25, 0.3) is 0 Å². The number of aromatic nitrogens is 1. The van der Waals surface area contributed by atoms with E-state index in [9.17, 15) is 0 Å². The minimum atomic E-state index is 0.0781. The fourth-order valence-electron chi connectivity index (χ4n) is 0.667. The largest absolute Gasteiger partial charge is 0.493 e. The van der Waals surface area contributed by atoms with Crippen molar-refractivity contribution in [2.24, 2.45) is 0 Å². The predicted molar refractivity (Wildman–Crippen MR) is 44.0 cm³/mol. The van der Waals surface area contributed by atoms with E-state index in [0.29, 0.717) is 5.66 Å². The van der Waals surface area contributed by atoms with E-state index in [1.807, 2.05) is 6.07 Å². The number of nitrogens with zero attached hydrogens (tertiary/aromatic N) is 1. The van der Waals surface area contributed by atoms with Crippen molar-refractivity contribution in [2.75, 3.05) is 0 Å². The summed E-state index contributed by atoms with van der Waals surface area (Å²) in [5, 5.41) is 8.82. The molecule has 2 atom stereocenters. The van der Waals surface area contributed by atoms with Crippen molar-refractivity contribution >= 4 is 9.24 Å². The minimum Gasteiger partial charge on any atom is -0.493 e. The molecule has 2 unspecified atom stereocenters. The smallest absolute Gasteiger partial charge is 0.210 e. The molecule has 54 valence electrons. The quantitative estimate of drug-likeness (QED) is 0.626. The summed E-state index contributed by atoms with van der Waals surface area (Å²) < 4.78 is 0. The van der Waals surface area contributed by atoms with Crippen LogP contribution in [0.1, 0.15) is 18.1 Å². The highest BCUT2D eigenvalue weighted by molar-refractivity contribution is 7.17. The van der Waals surface area contributed by atoms with Crippen molar-refractivity contribution in [2.45, 2.75) is 12.6 Å². The van der Waals surface area contributed by atoms with Crippen molar-refractivity contribution in [1.29, 1.82) is 0 Å². The Balaban J connectivity index is 2.89. The highest BCUT2D eigenvalue weighted by Gasteiger charge is 1.97. The fourth-order valence-corrected chi connectivity index (χ4v) is 0.864. The second kappa shape index (κ2) is 2.98. The van der Waals surface area contributed by atoms with Gasteiger partial charge in [-0.1, -0.05) is 13.0 Å². The van der Waals surface area contributed by atoms with Crippen LogP contribution in [-0.2, 0) is 0 Å². The molecule has 0 radical (unpaired) electrons. The van der Waals surface area contributed by atoms with E-state index in [4.69, 9.17) is 5.11 Å². The molecule has 0 saturated carbocycles. The normalized spacial score (nSPS) is 13.0. The van der Waals surface area contributed by atoms with Gasteiger partial charge in [0.1, 0.15) is 0 Å². The molecule has 10 heavy (non-hydrogen) atoms. The maximum Gasteiger partial charge on any atom is 0.210 e. The molecule has 2 nitrogen and oxygen atoms in total. The molecular formula is C7H10NOP. The molecule has 0 aromatic carbocycles. The van der Waals surface area contributed by atoms with E-state index >= 15 is 0 Å². The van der Waals surface area contributed by atoms with E-state index in [1.54, 1.807) is 12.3 Å². The van der Waals surface area contributed by atoms with Crippen LogP contribution in [0.15, 0.2) is 18.3 Å². The third kappa shape index (κ3) is 1.68. The second-order valence-electron chi connectivity index (χ2n) is 2.24. The molecule has 3 heteroatoms. The van der Waals surface area contributed by atoms with Crippen molar-refractivity contribution < 1.29 is 5.11 Å². The lowest BCUT2D eigenvalue weighted by Gasteiger charge is -2.02. The van der Waals surface area contributed by atoms with Gasteiger partial charge in [-0.3, -0.25) is 0 Å². The van der Waals surface area contributed by atoms with Gasteiger partial charge in [-0.15, -0.1) is 9.24 Å². The molecule has 0 aliphatic carbocycles. The number of hydrogen-bond donors (Lipinski definition) is 1. The zero-order valence-corrected chi connectivity index (χ0v) is 6.94. The monoisotopic (exact) mass is 155 g/mol. The molecule has 0 spiro atoms. The van der Waals surface area contributed by atoms with Crippen LogP contribution in [0.4, 0.5) is 0 Å². The summed E-state index contributed by atoms with van der Waals surface area (Å²) in [5.74, 6) is 0.0781. The molecule has 1 rings (SSSR count). The van der Waals surface area contributed by atoms with Gasteiger partial charge in [0.05, 0.1) is 0 Å². The average Bonchev–Trinajstić information content (AvgIpc) is 1.88. The van der Waals surface area contributed by atoms with E-state index < -0.39 is 0 Å². The van der Waals surface area contributed by atoms with Crippen LogP contribution < -0.4 is 0 Å². The first-order valence-corrected chi connectivity index (χ1v) is 3.77. The Labute approximate surface area is 62.5 Å². The highest BCUT2D eigenvalue weighted by atomic mass is 31.0. The first kappa shape index (κ1) is 7.49. The number of hydrogen-bond acceptors (Lipinski definition) is 2. The van der Waals surface area contributed by atoms with Crippen molar-refractivity contribution in [1.82, 2.24) is 4.98 Å². The van der Waals surface area contributed by atoms with Crippen molar-refractivity contribution in [3.05, 3.63) is 23.9 Å². The number of pyridine rings is 1. The zero-order chi connectivity index (χ0) is 7.56. The lowest BCUT2D eigenvalue weighted by atomic mass is 10.2. The second-order valence-corrected chi connectivity index (χ2v) is 3.24. The van der Waals surface area contributed by atoms with Crippen molar-refractivity contribution in [3.63, 3.8) is 0 Å². The summed E-state index contributed by atoms with van der Waals surface area (Å²) in [6.45, 7) is 2.05.